The highest BCUT2D eigenvalue weighted by Crippen LogP contribution is 2.41. The summed E-state index contributed by atoms with van der Waals surface area (Å²) in [6.45, 7) is 4.13. The molecule has 4 aromatic rings. The van der Waals surface area contributed by atoms with Crippen molar-refractivity contribution in [3.8, 4) is 17.1 Å². The number of hydrogen-bond acceptors (Lipinski definition) is 6. The van der Waals surface area contributed by atoms with Crippen LogP contribution in [0.1, 0.15) is 12.8 Å². The molecule has 3 saturated heterocycles. The van der Waals surface area contributed by atoms with E-state index in [1.54, 1.807) is 0 Å². The van der Waals surface area contributed by atoms with E-state index in [2.05, 4.69) is 27.1 Å². The van der Waals surface area contributed by atoms with Crippen molar-refractivity contribution in [3.05, 3.63) is 59.4 Å². The number of nitrogens with one attached hydrogen (secondary N) is 1. The van der Waals surface area contributed by atoms with Crippen molar-refractivity contribution < 1.29 is 9.13 Å². The highest BCUT2D eigenvalue weighted by atomic mass is 35.5. The summed E-state index contributed by atoms with van der Waals surface area (Å²) in [6.07, 6.45) is 2.28. The van der Waals surface area contributed by atoms with Gasteiger partial charge in [-0.25, -0.2) is 4.39 Å². The Hall–Kier alpha value is -3.00. The van der Waals surface area contributed by atoms with Crippen LogP contribution in [0.2, 0.25) is 5.02 Å². The quantitative estimate of drug-likeness (QED) is 0.396. The van der Waals surface area contributed by atoms with Crippen LogP contribution in [0.15, 0.2) is 48.5 Å². The Kier molecular flexibility index (Phi) is 5.68. The van der Waals surface area contributed by atoms with Gasteiger partial charge in [-0.15, -0.1) is 0 Å². The maximum absolute atomic E-state index is 16.5. The third-order valence-electron chi connectivity index (χ3n) is 8.01. The molecule has 4 heterocycles. The average Bonchev–Trinajstić information content (AvgIpc) is 3.23. The van der Waals surface area contributed by atoms with Crippen molar-refractivity contribution in [3.63, 3.8) is 0 Å². The first-order valence-corrected chi connectivity index (χ1v) is 13.4. The molecule has 3 aliphatic rings. The van der Waals surface area contributed by atoms with E-state index >= 15 is 4.39 Å². The topological polar surface area (TPSA) is 53.5 Å². The van der Waals surface area contributed by atoms with Crippen molar-refractivity contribution >= 4 is 39.1 Å². The normalized spacial score (nSPS) is 22.1. The Bertz CT molecular complexity index is 1490. The van der Waals surface area contributed by atoms with E-state index in [4.69, 9.17) is 21.3 Å². The first-order chi connectivity index (χ1) is 18.0. The van der Waals surface area contributed by atoms with Crippen LogP contribution in [0, 0.1) is 11.7 Å². The van der Waals surface area contributed by atoms with Crippen molar-refractivity contribution in [1.82, 2.24) is 20.2 Å². The van der Waals surface area contributed by atoms with Gasteiger partial charge < -0.3 is 19.9 Å². The molecule has 8 heteroatoms. The highest BCUT2D eigenvalue weighted by Gasteiger charge is 2.34. The van der Waals surface area contributed by atoms with Gasteiger partial charge in [-0.2, -0.15) is 9.97 Å². The molecule has 0 spiro atoms. The lowest BCUT2D eigenvalue weighted by atomic mass is 9.96. The van der Waals surface area contributed by atoms with Gasteiger partial charge in [0.05, 0.1) is 11.6 Å². The van der Waals surface area contributed by atoms with Crippen LogP contribution in [-0.2, 0) is 0 Å². The number of rotatable bonds is 5. The van der Waals surface area contributed by atoms with E-state index < -0.39 is 5.82 Å². The van der Waals surface area contributed by atoms with Crippen molar-refractivity contribution in [2.45, 2.75) is 24.9 Å². The molecule has 7 rings (SSSR count). The molecule has 0 saturated carbocycles. The fourth-order valence-corrected chi connectivity index (χ4v) is 6.55. The summed E-state index contributed by atoms with van der Waals surface area (Å²) in [6, 6.07) is 16.7. The molecular weight excluding hydrogens is 489 g/mol. The molecule has 3 aromatic carbocycles. The SMILES string of the molecule is CN1CC(COc2nc(N3C[C@H]4CC[C@@H](C3)N4)c3cc(Cl)c(-c4cccc5ccccc45)c(F)c3n2)C1. The number of nitrogens with zero attached hydrogens (tertiary/aromatic N) is 4. The predicted octanol–water partition coefficient (Wildman–Crippen LogP) is 5.12. The standard InChI is InChI=1S/C29H29ClFN5O/c1-35-12-17(13-35)16-37-29-33-27-23(28(34-29)36-14-19-9-10-20(15-36)32-19)11-24(30)25(26(27)31)22-8-4-6-18-5-2-3-7-21(18)22/h2-8,11,17,19-20,32H,9-10,12-16H2,1H3/t19-,20+. The van der Waals surface area contributed by atoms with Crippen LogP contribution >= 0.6 is 11.6 Å². The number of fused-ring (bicyclic) bond motifs is 4. The Balaban J connectivity index is 1.37. The lowest BCUT2D eigenvalue weighted by Gasteiger charge is -2.36. The van der Waals surface area contributed by atoms with Crippen LogP contribution in [0.4, 0.5) is 10.2 Å². The van der Waals surface area contributed by atoms with Crippen LogP contribution in [0.25, 0.3) is 32.8 Å². The maximum atomic E-state index is 16.5. The summed E-state index contributed by atoms with van der Waals surface area (Å²) in [4.78, 5) is 13.9. The van der Waals surface area contributed by atoms with Crippen molar-refractivity contribution in [1.29, 1.82) is 0 Å². The molecule has 0 radical (unpaired) electrons. The number of piperazine rings is 1. The summed E-state index contributed by atoms with van der Waals surface area (Å²) in [5, 5.41) is 6.63. The molecule has 1 N–H and O–H groups in total. The molecule has 190 valence electrons. The third-order valence-corrected chi connectivity index (χ3v) is 8.30. The predicted molar refractivity (Wildman–Crippen MR) is 146 cm³/mol. The monoisotopic (exact) mass is 517 g/mol. The van der Waals surface area contributed by atoms with Crippen LogP contribution in [0.5, 0.6) is 6.01 Å². The van der Waals surface area contributed by atoms with Gasteiger partial charge in [0.25, 0.3) is 0 Å². The van der Waals surface area contributed by atoms with E-state index in [1.807, 2.05) is 48.5 Å². The zero-order valence-electron chi connectivity index (χ0n) is 20.8. The van der Waals surface area contributed by atoms with E-state index in [1.165, 1.54) is 0 Å². The van der Waals surface area contributed by atoms with Gasteiger partial charge in [-0.3, -0.25) is 0 Å². The van der Waals surface area contributed by atoms with E-state index in [0.29, 0.717) is 46.4 Å². The third kappa shape index (κ3) is 4.10. The van der Waals surface area contributed by atoms with Crippen molar-refractivity contribution in [2.24, 2.45) is 5.92 Å². The number of ether oxygens (including phenoxy) is 1. The molecule has 6 nitrogen and oxygen atoms in total. The molecule has 2 bridgehead atoms. The molecule has 0 amide bonds. The number of aromatic nitrogens is 2. The molecule has 1 aromatic heterocycles. The minimum absolute atomic E-state index is 0.230. The lowest BCUT2D eigenvalue weighted by Crippen LogP contribution is -2.51. The Morgan fingerprint density at radius 2 is 1.76 bits per heavy atom. The summed E-state index contributed by atoms with van der Waals surface area (Å²) in [5.74, 6) is 0.701. The molecule has 3 aliphatic heterocycles. The zero-order valence-corrected chi connectivity index (χ0v) is 21.5. The number of likely N-dealkylation sites (tertiary alicyclic amines) is 1. The fraction of sp³-hybridized carbons (Fsp3) is 0.379. The van der Waals surface area contributed by atoms with E-state index in [9.17, 15) is 0 Å². The van der Waals surface area contributed by atoms with Crippen molar-refractivity contribution in [2.75, 3.05) is 44.7 Å². The summed E-state index contributed by atoms with van der Waals surface area (Å²) < 4.78 is 22.6. The molecule has 37 heavy (non-hydrogen) atoms. The second-order valence-electron chi connectivity index (χ2n) is 10.7. The largest absolute Gasteiger partial charge is 0.463 e. The molecule has 3 fully saturated rings. The fourth-order valence-electron chi connectivity index (χ4n) is 6.25. The number of halogens is 2. The maximum Gasteiger partial charge on any atom is 0.319 e. The minimum atomic E-state index is -0.436. The summed E-state index contributed by atoms with van der Waals surface area (Å²) in [7, 11) is 2.09. The number of anilines is 1. The first-order valence-electron chi connectivity index (χ1n) is 13.0. The van der Waals surface area contributed by atoms with Gasteiger partial charge in [-0.1, -0.05) is 54.1 Å². The van der Waals surface area contributed by atoms with E-state index in [-0.39, 0.29) is 11.5 Å². The molecular formula is C29H29ClFN5O. The molecule has 0 unspecified atom stereocenters. The van der Waals surface area contributed by atoms with Gasteiger partial charge in [0.2, 0.25) is 0 Å². The van der Waals surface area contributed by atoms with Crippen LogP contribution < -0.4 is 15.0 Å². The van der Waals surface area contributed by atoms with Crippen LogP contribution in [-0.4, -0.2) is 66.8 Å². The Morgan fingerprint density at radius 1 is 1.00 bits per heavy atom. The Morgan fingerprint density at radius 3 is 2.54 bits per heavy atom. The number of benzene rings is 3. The zero-order chi connectivity index (χ0) is 25.1. The minimum Gasteiger partial charge on any atom is -0.463 e. The second kappa shape index (κ2) is 9.08. The van der Waals surface area contributed by atoms with Crippen LogP contribution in [0.3, 0.4) is 0 Å². The van der Waals surface area contributed by atoms with Gasteiger partial charge in [0, 0.05) is 55.1 Å². The molecule has 2 atom stereocenters. The van der Waals surface area contributed by atoms with Gasteiger partial charge in [0.15, 0.2) is 5.82 Å². The molecule has 0 aliphatic carbocycles. The highest BCUT2D eigenvalue weighted by molar-refractivity contribution is 6.35. The lowest BCUT2D eigenvalue weighted by molar-refractivity contribution is 0.0819. The number of hydrogen-bond donors (Lipinski definition) is 1. The van der Waals surface area contributed by atoms with Gasteiger partial charge >= 0.3 is 6.01 Å². The first kappa shape index (κ1) is 23.1. The van der Waals surface area contributed by atoms with Gasteiger partial charge in [0.1, 0.15) is 11.3 Å². The smallest absolute Gasteiger partial charge is 0.319 e. The second-order valence-corrected chi connectivity index (χ2v) is 11.1. The van der Waals surface area contributed by atoms with Gasteiger partial charge in [-0.05, 0) is 42.3 Å². The van der Waals surface area contributed by atoms with E-state index in [0.717, 1.165) is 55.4 Å². The Labute approximate surface area is 220 Å². The summed E-state index contributed by atoms with van der Waals surface area (Å²) >= 11 is 6.84. The summed E-state index contributed by atoms with van der Waals surface area (Å²) in [5.41, 5.74) is 1.37. The average molecular weight is 518 g/mol.